The second-order valence-electron chi connectivity index (χ2n) is 2.84. The predicted molar refractivity (Wildman–Crippen MR) is 67.4 cm³/mol. The summed E-state index contributed by atoms with van der Waals surface area (Å²) in [6.07, 6.45) is 0.602. The highest BCUT2D eigenvalue weighted by molar-refractivity contribution is 8.04. The van der Waals surface area contributed by atoms with Gasteiger partial charge in [0.1, 0.15) is 0 Å². The van der Waals surface area contributed by atoms with Crippen molar-refractivity contribution >= 4 is 35.3 Å². The molecule has 1 saturated heterocycles. The first kappa shape index (κ1) is 12.1. The van der Waals surface area contributed by atoms with E-state index in [1.165, 1.54) is 34.5 Å². The monoisotopic (exact) mass is 238 g/mol. The zero-order chi connectivity index (χ0) is 9.36. The highest BCUT2D eigenvalue weighted by Crippen LogP contribution is 2.17. The number of rotatable bonds is 9. The van der Waals surface area contributed by atoms with Crippen molar-refractivity contribution in [3.8, 4) is 0 Å². The van der Waals surface area contributed by atoms with Crippen LogP contribution in [-0.4, -0.2) is 47.2 Å². The Morgan fingerprint density at radius 2 is 1.69 bits per heavy atom. The fraction of sp³-hybridized carbons (Fsp3) is 1.00. The van der Waals surface area contributed by atoms with Crippen LogP contribution in [0.15, 0.2) is 0 Å². The van der Waals surface area contributed by atoms with Crippen molar-refractivity contribution in [2.24, 2.45) is 0 Å². The van der Waals surface area contributed by atoms with Crippen LogP contribution in [0.4, 0.5) is 0 Å². The standard InChI is InChI=1S/C9H18OS3/c1-2-11-3-4-12-5-6-13-8-9-7-10-9/h9H,2-8H2,1H3. The molecule has 1 fully saturated rings. The number of thioether (sulfide) groups is 3. The van der Waals surface area contributed by atoms with E-state index in [1.54, 1.807) is 0 Å². The summed E-state index contributed by atoms with van der Waals surface area (Å²) in [5.74, 6) is 7.71. The maximum absolute atomic E-state index is 5.14. The second-order valence-corrected chi connectivity index (χ2v) is 6.61. The summed E-state index contributed by atoms with van der Waals surface area (Å²) in [4.78, 5) is 0. The van der Waals surface area contributed by atoms with Gasteiger partial charge in [0.25, 0.3) is 0 Å². The van der Waals surface area contributed by atoms with Crippen LogP contribution in [0.3, 0.4) is 0 Å². The quantitative estimate of drug-likeness (QED) is 0.452. The molecule has 1 nitrogen and oxygen atoms in total. The highest BCUT2D eigenvalue weighted by Gasteiger charge is 2.21. The van der Waals surface area contributed by atoms with Gasteiger partial charge in [0.15, 0.2) is 0 Å². The van der Waals surface area contributed by atoms with Gasteiger partial charge in [0.2, 0.25) is 0 Å². The summed E-state index contributed by atoms with van der Waals surface area (Å²) in [7, 11) is 0. The molecule has 0 aromatic rings. The van der Waals surface area contributed by atoms with Crippen molar-refractivity contribution in [3.63, 3.8) is 0 Å². The van der Waals surface area contributed by atoms with Crippen LogP contribution in [0.1, 0.15) is 6.92 Å². The lowest BCUT2D eigenvalue weighted by molar-refractivity contribution is 0.426. The Balaban J connectivity index is 1.63. The molecule has 0 saturated carbocycles. The molecule has 1 unspecified atom stereocenters. The second kappa shape index (κ2) is 8.33. The number of ether oxygens (including phenoxy) is 1. The molecule has 0 radical (unpaired) electrons. The van der Waals surface area contributed by atoms with E-state index in [1.807, 2.05) is 23.5 Å². The number of hydrogen-bond donors (Lipinski definition) is 0. The Bertz CT molecular complexity index is 117. The van der Waals surface area contributed by atoms with E-state index >= 15 is 0 Å². The van der Waals surface area contributed by atoms with Gasteiger partial charge in [0, 0.05) is 28.8 Å². The Kier molecular flexibility index (Phi) is 7.74. The molecule has 0 amide bonds. The van der Waals surface area contributed by atoms with Crippen LogP contribution in [0.25, 0.3) is 0 Å². The predicted octanol–water partition coefficient (Wildman–Crippen LogP) is 2.60. The first-order chi connectivity index (χ1) is 6.43. The van der Waals surface area contributed by atoms with Gasteiger partial charge in [-0.3, -0.25) is 0 Å². The van der Waals surface area contributed by atoms with Gasteiger partial charge in [-0.1, -0.05) is 6.92 Å². The molecule has 1 rings (SSSR count). The van der Waals surface area contributed by atoms with Crippen LogP contribution in [0.2, 0.25) is 0 Å². The molecule has 0 aromatic heterocycles. The van der Waals surface area contributed by atoms with Gasteiger partial charge < -0.3 is 4.74 Å². The molecule has 0 spiro atoms. The summed E-state index contributed by atoms with van der Waals surface area (Å²) in [6, 6.07) is 0. The Labute approximate surface area is 94.1 Å². The van der Waals surface area contributed by atoms with Crippen LogP contribution >= 0.6 is 35.3 Å². The SMILES string of the molecule is CCSCCSCCSCC1CO1. The summed E-state index contributed by atoms with van der Waals surface area (Å²) in [5.41, 5.74) is 0. The number of hydrogen-bond acceptors (Lipinski definition) is 4. The van der Waals surface area contributed by atoms with Gasteiger partial charge >= 0.3 is 0 Å². The van der Waals surface area contributed by atoms with Crippen LogP contribution in [-0.2, 0) is 4.74 Å². The van der Waals surface area contributed by atoms with Crippen molar-refractivity contribution in [1.82, 2.24) is 0 Å². The van der Waals surface area contributed by atoms with Crippen molar-refractivity contribution in [1.29, 1.82) is 0 Å². The van der Waals surface area contributed by atoms with Crippen LogP contribution < -0.4 is 0 Å². The van der Waals surface area contributed by atoms with Gasteiger partial charge in [-0.25, -0.2) is 0 Å². The maximum Gasteiger partial charge on any atom is 0.0900 e. The maximum atomic E-state index is 5.14. The molecule has 13 heavy (non-hydrogen) atoms. The molecule has 1 aliphatic rings. The van der Waals surface area contributed by atoms with Crippen molar-refractivity contribution in [2.75, 3.05) is 41.1 Å². The highest BCUT2D eigenvalue weighted by atomic mass is 32.2. The largest absolute Gasteiger partial charge is 0.372 e. The third kappa shape index (κ3) is 8.03. The smallest absolute Gasteiger partial charge is 0.0900 e. The third-order valence-electron chi connectivity index (χ3n) is 1.65. The summed E-state index contributed by atoms with van der Waals surface area (Å²) < 4.78 is 5.14. The molecule has 0 aromatic carbocycles. The fourth-order valence-electron chi connectivity index (χ4n) is 0.861. The average molecular weight is 238 g/mol. The van der Waals surface area contributed by atoms with E-state index in [0.717, 1.165) is 6.61 Å². The van der Waals surface area contributed by atoms with E-state index in [-0.39, 0.29) is 0 Å². The van der Waals surface area contributed by atoms with E-state index in [4.69, 9.17) is 4.74 Å². The number of epoxide rings is 1. The molecule has 0 N–H and O–H groups in total. The summed E-state index contributed by atoms with van der Waals surface area (Å²) in [6.45, 7) is 3.23. The van der Waals surface area contributed by atoms with Gasteiger partial charge in [-0.05, 0) is 5.75 Å². The minimum absolute atomic E-state index is 0.602. The minimum atomic E-state index is 0.602. The van der Waals surface area contributed by atoms with Crippen molar-refractivity contribution in [3.05, 3.63) is 0 Å². The Morgan fingerprint density at radius 1 is 1.08 bits per heavy atom. The first-order valence-corrected chi connectivity index (χ1v) is 8.24. The minimum Gasteiger partial charge on any atom is -0.372 e. The van der Waals surface area contributed by atoms with Gasteiger partial charge in [-0.2, -0.15) is 35.3 Å². The molecule has 4 heteroatoms. The third-order valence-corrected chi connectivity index (χ3v) is 5.16. The lowest BCUT2D eigenvalue weighted by atomic mass is 10.6. The molecule has 1 heterocycles. The molecule has 1 aliphatic heterocycles. The van der Waals surface area contributed by atoms with E-state index < -0.39 is 0 Å². The molecule has 0 aliphatic carbocycles. The van der Waals surface area contributed by atoms with Crippen molar-refractivity contribution in [2.45, 2.75) is 13.0 Å². The van der Waals surface area contributed by atoms with Gasteiger partial charge in [-0.15, -0.1) is 0 Å². The average Bonchev–Trinajstić information content (AvgIpc) is 2.93. The first-order valence-electron chi connectivity index (χ1n) is 4.78. The van der Waals surface area contributed by atoms with Crippen LogP contribution in [0.5, 0.6) is 0 Å². The lowest BCUT2D eigenvalue weighted by Crippen LogP contribution is -1.94. The van der Waals surface area contributed by atoms with Gasteiger partial charge in [0.05, 0.1) is 12.7 Å². The van der Waals surface area contributed by atoms with E-state index in [9.17, 15) is 0 Å². The molecule has 1 atom stereocenters. The lowest BCUT2D eigenvalue weighted by Gasteiger charge is -2.00. The van der Waals surface area contributed by atoms with E-state index in [2.05, 4.69) is 18.7 Å². The molecule has 0 bridgehead atoms. The summed E-state index contributed by atoms with van der Waals surface area (Å²) in [5, 5.41) is 0. The topological polar surface area (TPSA) is 12.5 Å². The fourth-order valence-corrected chi connectivity index (χ4v) is 3.86. The Hall–Kier alpha value is 1.01. The normalized spacial score (nSPS) is 20.5. The summed E-state index contributed by atoms with van der Waals surface area (Å²) >= 11 is 6.16. The van der Waals surface area contributed by atoms with Crippen molar-refractivity contribution < 1.29 is 4.74 Å². The molecular formula is C9H18OS3. The zero-order valence-electron chi connectivity index (χ0n) is 8.16. The van der Waals surface area contributed by atoms with Crippen LogP contribution in [0, 0.1) is 0 Å². The zero-order valence-corrected chi connectivity index (χ0v) is 10.6. The molecule has 78 valence electrons. The van der Waals surface area contributed by atoms with E-state index in [0.29, 0.717) is 6.10 Å². The Morgan fingerprint density at radius 3 is 2.31 bits per heavy atom. The molecular weight excluding hydrogens is 220 g/mol.